The molecule has 4 atom stereocenters. The second-order valence-corrected chi connectivity index (χ2v) is 8.53. The average molecular weight is 464 g/mol. The first kappa shape index (κ1) is 29.1. The summed E-state index contributed by atoms with van der Waals surface area (Å²) in [5, 5.41) is 26.0. The Morgan fingerprint density at radius 2 is 1.52 bits per heavy atom. The van der Waals surface area contributed by atoms with Gasteiger partial charge in [0.25, 0.3) is 0 Å². The number of carbonyl (C=O) groups excluding carboxylic acids is 3. The van der Waals surface area contributed by atoms with Gasteiger partial charge in [0.05, 0.1) is 12.6 Å². The third-order valence-electron chi connectivity index (χ3n) is 4.60. The number of nitrogens with two attached hydrogens (primary N) is 2. The molecule has 0 bridgehead atoms. The summed E-state index contributed by atoms with van der Waals surface area (Å²) in [5.41, 5.74) is 11.3. The van der Waals surface area contributed by atoms with Crippen LogP contribution in [0.25, 0.3) is 0 Å². The van der Waals surface area contributed by atoms with Gasteiger partial charge in [0, 0.05) is 0 Å². The molecule has 0 aromatic carbocycles. The van der Waals surface area contributed by atoms with E-state index in [0.717, 1.165) is 6.42 Å². The summed E-state index contributed by atoms with van der Waals surface area (Å²) >= 11 is 1.48. The van der Waals surface area contributed by atoms with E-state index in [2.05, 4.69) is 16.0 Å². The van der Waals surface area contributed by atoms with Crippen LogP contribution in [0.15, 0.2) is 0 Å². The molecule has 0 fully saturated rings. The summed E-state index contributed by atoms with van der Waals surface area (Å²) in [7, 11) is 0. The van der Waals surface area contributed by atoms with Gasteiger partial charge in [0.15, 0.2) is 0 Å². The number of carboxylic acid groups (broad SMARTS) is 1. The molecule has 0 radical (unpaired) electrons. The largest absolute Gasteiger partial charge is 0.480 e. The SMILES string of the molecule is CSCCC(NC(=O)C(N)CCCCN)C(=O)NC(CO)C(=O)NC(C(=O)O)C(C)C. The van der Waals surface area contributed by atoms with Crippen molar-refractivity contribution in [2.45, 2.75) is 63.7 Å². The lowest BCUT2D eigenvalue weighted by molar-refractivity contribution is -0.143. The van der Waals surface area contributed by atoms with Gasteiger partial charge in [-0.25, -0.2) is 4.79 Å². The molecule has 0 heterocycles. The number of amides is 3. The number of aliphatic carboxylic acids is 1. The van der Waals surface area contributed by atoms with Gasteiger partial charge in [0.1, 0.15) is 18.1 Å². The Morgan fingerprint density at radius 3 is 2.00 bits per heavy atom. The Labute approximate surface area is 187 Å². The predicted molar refractivity (Wildman–Crippen MR) is 119 cm³/mol. The van der Waals surface area contributed by atoms with Crippen LogP contribution >= 0.6 is 11.8 Å². The van der Waals surface area contributed by atoms with Crippen molar-refractivity contribution in [2.24, 2.45) is 17.4 Å². The number of nitrogens with one attached hydrogen (secondary N) is 3. The maximum atomic E-state index is 12.7. The van der Waals surface area contributed by atoms with Crippen molar-refractivity contribution in [3.8, 4) is 0 Å². The first-order chi connectivity index (χ1) is 14.6. The Kier molecular flexibility index (Phi) is 14.9. The summed E-state index contributed by atoms with van der Waals surface area (Å²) in [6, 6.07) is -4.28. The van der Waals surface area contributed by atoms with Gasteiger partial charge in [-0.15, -0.1) is 0 Å². The first-order valence-electron chi connectivity index (χ1n) is 10.3. The van der Waals surface area contributed by atoms with E-state index < -0.39 is 60.4 Å². The molecule has 9 N–H and O–H groups in total. The Bertz CT molecular complexity index is 592. The van der Waals surface area contributed by atoms with Crippen LogP contribution in [0.5, 0.6) is 0 Å². The van der Waals surface area contributed by atoms with Gasteiger partial charge in [-0.2, -0.15) is 11.8 Å². The average Bonchev–Trinajstić information content (AvgIpc) is 2.71. The second-order valence-electron chi connectivity index (χ2n) is 7.55. The van der Waals surface area contributed by atoms with Gasteiger partial charge in [-0.1, -0.05) is 20.3 Å². The fraction of sp³-hybridized carbons (Fsp3) is 0.789. The van der Waals surface area contributed by atoms with Crippen LogP contribution in [-0.2, 0) is 19.2 Å². The topological polar surface area (TPSA) is 197 Å². The monoisotopic (exact) mass is 463 g/mol. The number of thioether (sulfide) groups is 1. The van der Waals surface area contributed by atoms with E-state index in [-0.39, 0.29) is 6.42 Å². The third kappa shape index (κ3) is 11.3. The number of rotatable bonds is 16. The fourth-order valence-electron chi connectivity index (χ4n) is 2.66. The minimum absolute atomic E-state index is 0.289. The number of aliphatic hydroxyl groups excluding tert-OH is 1. The van der Waals surface area contributed by atoms with Crippen LogP contribution in [0, 0.1) is 5.92 Å². The molecule has 3 amide bonds. The van der Waals surface area contributed by atoms with Crippen molar-refractivity contribution in [1.82, 2.24) is 16.0 Å². The van der Waals surface area contributed by atoms with E-state index in [9.17, 15) is 29.4 Å². The van der Waals surface area contributed by atoms with Crippen molar-refractivity contribution in [3.63, 3.8) is 0 Å². The molecule has 31 heavy (non-hydrogen) atoms. The molecule has 12 heteroatoms. The molecule has 11 nitrogen and oxygen atoms in total. The number of hydrogen-bond donors (Lipinski definition) is 7. The number of hydrogen-bond acceptors (Lipinski definition) is 8. The molecule has 0 rings (SSSR count). The van der Waals surface area contributed by atoms with E-state index in [1.54, 1.807) is 13.8 Å². The number of carboxylic acids is 1. The molecule has 0 saturated heterocycles. The third-order valence-corrected chi connectivity index (χ3v) is 5.24. The number of carbonyl (C=O) groups is 4. The summed E-state index contributed by atoms with van der Waals surface area (Å²) in [6.07, 6.45) is 3.97. The highest BCUT2D eigenvalue weighted by Crippen LogP contribution is 2.05. The summed E-state index contributed by atoms with van der Waals surface area (Å²) < 4.78 is 0. The summed E-state index contributed by atoms with van der Waals surface area (Å²) in [6.45, 7) is 3.01. The van der Waals surface area contributed by atoms with Gasteiger partial charge < -0.3 is 37.6 Å². The summed E-state index contributed by atoms with van der Waals surface area (Å²) in [4.78, 5) is 48.7. The quantitative estimate of drug-likeness (QED) is 0.132. The van der Waals surface area contributed by atoms with Crippen molar-refractivity contribution in [2.75, 3.05) is 25.2 Å². The van der Waals surface area contributed by atoms with Crippen molar-refractivity contribution >= 4 is 35.5 Å². The smallest absolute Gasteiger partial charge is 0.326 e. The van der Waals surface area contributed by atoms with Gasteiger partial charge >= 0.3 is 5.97 Å². The van der Waals surface area contributed by atoms with E-state index in [4.69, 9.17) is 11.5 Å². The Hall–Kier alpha value is -1.89. The summed E-state index contributed by atoms with van der Waals surface area (Å²) in [5.74, 6) is -3.04. The molecule has 0 aromatic rings. The van der Waals surface area contributed by atoms with E-state index in [1.807, 2.05) is 6.26 Å². The fourth-order valence-corrected chi connectivity index (χ4v) is 3.13. The molecule has 0 saturated carbocycles. The molecule has 4 unspecified atom stereocenters. The number of unbranched alkanes of at least 4 members (excludes halogenated alkanes) is 1. The van der Waals surface area contributed by atoms with E-state index >= 15 is 0 Å². The molecule has 0 aliphatic carbocycles. The standard InChI is InChI=1S/C19H37N5O6S/c1-11(2)15(19(29)30)24-18(28)14(10-25)23-17(27)13(7-9-31-3)22-16(26)12(21)6-4-5-8-20/h11-15,25H,4-10,20-21H2,1-3H3,(H,22,26)(H,23,27)(H,24,28)(H,29,30). The first-order valence-corrected chi connectivity index (χ1v) is 11.7. The lowest BCUT2D eigenvalue weighted by atomic mass is 10.0. The minimum atomic E-state index is -1.36. The highest BCUT2D eigenvalue weighted by atomic mass is 32.2. The van der Waals surface area contributed by atoms with Crippen LogP contribution < -0.4 is 27.4 Å². The normalized spacial score (nSPS) is 14.9. The maximum absolute atomic E-state index is 12.7. The van der Waals surface area contributed by atoms with Gasteiger partial charge in [-0.3, -0.25) is 14.4 Å². The van der Waals surface area contributed by atoms with Crippen LogP contribution in [0.2, 0.25) is 0 Å². The van der Waals surface area contributed by atoms with Crippen LogP contribution in [0.1, 0.15) is 39.5 Å². The van der Waals surface area contributed by atoms with Gasteiger partial charge in [-0.05, 0) is 43.7 Å². The zero-order valence-corrected chi connectivity index (χ0v) is 19.2. The number of aliphatic hydroxyl groups is 1. The highest BCUT2D eigenvalue weighted by molar-refractivity contribution is 7.98. The Balaban J connectivity index is 5.11. The lowest BCUT2D eigenvalue weighted by Gasteiger charge is -2.25. The highest BCUT2D eigenvalue weighted by Gasteiger charge is 2.30. The molecule has 0 aliphatic heterocycles. The Morgan fingerprint density at radius 1 is 0.935 bits per heavy atom. The lowest BCUT2D eigenvalue weighted by Crippen LogP contribution is -2.58. The van der Waals surface area contributed by atoms with Crippen molar-refractivity contribution in [3.05, 3.63) is 0 Å². The minimum Gasteiger partial charge on any atom is -0.480 e. The maximum Gasteiger partial charge on any atom is 0.326 e. The van der Waals surface area contributed by atoms with E-state index in [1.165, 1.54) is 11.8 Å². The van der Waals surface area contributed by atoms with Crippen LogP contribution in [0.3, 0.4) is 0 Å². The second kappa shape index (κ2) is 15.8. The molecular weight excluding hydrogens is 426 g/mol. The van der Waals surface area contributed by atoms with Crippen molar-refractivity contribution in [1.29, 1.82) is 0 Å². The predicted octanol–water partition coefficient (Wildman–Crippen LogP) is -1.62. The molecule has 0 aliphatic rings. The van der Waals surface area contributed by atoms with Crippen LogP contribution in [-0.4, -0.2) is 83.2 Å². The molecule has 0 spiro atoms. The zero-order valence-electron chi connectivity index (χ0n) is 18.4. The van der Waals surface area contributed by atoms with Gasteiger partial charge in [0.2, 0.25) is 17.7 Å². The van der Waals surface area contributed by atoms with Crippen LogP contribution in [0.4, 0.5) is 0 Å². The molecular formula is C19H37N5O6S. The molecule has 0 aromatic heterocycles. The molecule has 180 valence electrons. The van der Waals surface area contributed by atoms with Crippen molar-refractivity contribution < 1.29 is 29.4 Å². The zero-order chi connectivity index (χ0) is 24.0. The van der Waals surface area contributed by atoms with E-state index in [0.29, 0.717) is 25.1 Å².